The summed E-state index contributed by atoms with van der Waals surface area (Å²) in [6, 6.07) is -0.668. The van der Waals surface area contributed by atoms with Gasteiger partial charge >= 0.3 is 12.0 Å². The molecule has 2 aliphatic heterocycles. The molecule has 0 bridgehead atoms. The summed E-state index contributed by atoms with van der Waals surface area (Å²) < 4.78 is 0. The standard InChI is InChI=1S/C11H19N3O3S/c1-8-5-12(2)3-4-13(8)11(17)14-7-18-6-9(14)10(15)16/h8-9H,3-7H2,1-2H3,(H,15,16)/t8?,9-/m0/s1. The van der Waals surface area contributed by atoms with E-state index < -0.39 is 12.0 Å². The van der Waals surface area contributed by atoms with E-state index in [0.717, 1.165) is 13.1 Å². The molecule has 1 N–H and O–H groups in total. The topological polar surface area (TPSA) is 64.1 Å². The van der Waals surface area contributed by atoms with Gasteiger partial charge in [0.05, 0.1) is 5.88 Å². The maximum atomic E-state index is 12.4. The van der Waals surface area contributed by atoms with Crippen LogP contribution in [0.2, 0.25) is 0 Å². The third kappa shape index (κ3) is 2.56. The molecule has 0 aromatic heterocycles. The number of piperazine rings is 1. The number of carboxylic acids is 1. The first kappa shape index (κ1) is 13.5. The molecule has 0 aliphatic carbocycles. The molecule has 1 unspecified atom stereocenters. The summed E-state index contributed by atoms with van der Waals surface area (Å²) in [5.41, 5.74) is 0. The van der Waals surface area contributed by atoms with Crippen molar-refractivity contribution in [1.82, 2.24) is 14.7 Å². The van der Waals surface area contributed by atoms with Crippen molar-refractivity contribution in [3.8, 4) is 0 Å². The first-order valence-electron chi connectivity index (χ1n) is 6.07. The second-order valence-corrected chi connectivity index (χ2v) is 5.91. The maximum Gasteiger partial charge on any atom is 0.327 e. The van der Waals surface area contributed by atoms with E-state index in [1.807, 2.05) is 14.0 Å². The molecule has 0 aromatic carbocycles. The van der Waals surface area contributed by atoms with Gasteiger partial charge in [-0.05, 0) is 14.0 Å². The number of likely N-dealkylation sites (N-methyl/N-ethyl adjacent to an activating group) is 1. The van der Waals surface area contributed by atoms with Crippen LogP contribution in [0.25, 0.3) is 0 Å². The average molecular weight is 273 g/mol. The van der Waals surface area contributed by atoms with Crippen LogP contribution in [0.5, 0.6) is 0 Å². The summed E-state index contributed by atoms with van der Waals surface area (Å²) in [4.78, 5) is 28.9. The number of thioether (sulfide) groups is 1. The van der Waals surface area contributed by atoms with Gasteiger partial charge in [0.25, 0.3) is 0 Å². The molecule has 0 aromatic rings. The predicted molar refractivity (Wildman–Crippen MR) is 69.6 cm³/mol. The SMILES string of the molecule is CC1CN(C)CCN1C(=O)N1CSC[C@H]1C(=O)O. The summed E-state index contributed by atoms with van der Waals surface area (Å²) in [6.45, 7) is 4.36. The van der Waals surface area contributed by atoms with Crippen molar-refractivity contribution < 1.29 is 14.7 Å². The van der Waals surface area contributed by atoms with E-state index in [0.29, 0.717) is 18.2 Å². The second kappa shape index (κ2) is 5.36. The summed E-state index contributed by atoms with van der Waals surface area (Å²) in [6.07, 6.45) is 0. The molecule has 0 spiro atoms. The molecule has 2 fully saturated rings. The van der Waals surface area contributed by atoms with Crippen LogP contribution in [0.15, 0.2) is 0 Å². The number of carboxylic acid groups (broad SMARTS) is 1. The molecule has 0 saturated carbocycles. The van der Waals surface area contributed by atoms with E-state index in [-0.39, 0.29) is 12.1 Å². The third-order valence-electron chi connectivity index (χ3n) is 3.49. The van der Waals surface area contributed by atoms with Crippen molar-refractivity contribution in [2.45, 2.75) is 19.0 Å². The lowest BCUT2D eigenvalue weighted by Gasteiger charge is -2.40. The number of rotatable bonds is 1. The summed E-state index contributed by atoms with van der Waals surface area (Å²) >= 11 is 1.50. The number of carbonyl (C=O) groups is 2. The molecule has 2 atom stereocenters. The summed E-state index contributed by atoms with van der Waals surface area (Å²) in [7, 11) is 2.03. The number of carbonyl (C=O) groups excluding carboxylic acids is 1. The zero-order valence-electron chi connectivity index (χ0n) is 10.7. The molecule has 2 saturated heterocycles. The van der Waals surface area contributed by atoms with Crippen LogP contribution < -0.4 is 0 Å². The Balaban J connectivity index is 2.04. The quantitative estimate of drug-likeness (QED) is 0.739. The number of aliphatic carboxylic acids is 1. The highest BCUT2D eigenvalue weighted by molar-refractivity contribution is 7.99. The molecule has 18 heavy (non-hydrogen) atoms. The second-order valence-electron chi connectivity index (χ2n) is 4.91. The Bertz CT molecular complexity index is 352. The lowest BCUT2D eigenvalue weighted by molar-refractivity contribution is -0.141. The largest absolute Gasteiger partial charge is 0.480 e. The Kier molecular flexibility index (Phi) is 4.01. The fourth-order valence-corrected chi connectivity index (χ4v) is 3.56. The lowest BCUT2D eigenvalue weighted by atomic mass is 10.2. The highest BCUT2D eigenvalue weighted by Gasteiger charge is 2.38. The van der Waals surface area contributed by atoms with Crippen molar-refractivity contribution in [3.63, 3.8) is 0 Å². The first-order chi connectivity index (χ1) is 8.50. The first-order valence-corrected chi connectivity index (χ1v) is 7.22. The Morgan fingerprint density at radius 1 is 1.28 bits per heavy atom. The number of urea groups is 1. The van der Waals surface area contributed by atoms with Gasteiger partial charge in [0.2, 0.25) is 0 Å². The van der Waals surface area contributed by atoms with Gasteiger partial charge in [0.1, 0.15) is 6.04 Å². The molecule has 2 aliphatic rings. The van der Waals surface area contributed by atoms with Crippen LogP contribution in [0.4, 0.5) is 4.79 Å². The molecule has 102 valence electrons. The average Bonchev–Trinajstić information content (AvgIpc) is 2.77. The van der Waals surface area contributed by atoms with E-state index in [1.54, 1.807) is 4.90 Å². The van der Waals surface area contributed by atoms with Crippen LogP contribution in [0.1, 0.15) is 6.92 Å². The van der Waals surface area contributed by atoms with Crippen LogP contribution in [0, 0.1) is 0 Å². The fourth-order valence-electron chi connectivity index (χ4n) is 2.42. The molecule has 2 heterocycles. The van der Waals surface area contributed by atoms with Gasteiger partial charge in [0.15, 0.2) is 0 Å². The predicted octanol–water partition coefficient (Wildman–Crippen LogP) is 0.202. The highest BCUT2D eigenvalue weighted by atomic mass is 32.2. The van der Waals surface area contributed by atoms with E-state index >= 15 is 0 Å². The van der Waals surface area contributed by atoms with Crippen molar-refractivity contribution in [1.29, 1.82) is 0 Å². The molecule has 0 radical (unpaired) electrons. The monoisotopic (exact) mass is 273 g/mol. The van der Waals surface area contributed by atoms with Gasteiger partial charge < -0.3 is 19.8 Å². The normalized spacial score (nSPS) is 29.7. The van der Waals surface area contributed by atoms with Gasteiger partial charge in [-0.15, -0.1) is 11.8 Å². The zero-order chi connectivity index (χ0) is 13.3. The smallest absolute Gasteiger partial charge is 0.327 e. The van der Waals surface area contributed by atoms with Gasteiger partial charge in [-0.1, -0.05) is 0 Å². The lowest BCUT2D eigenvalue weighted by Crippen LogP contribution is -2.58. The Hall–Kier alpha value is -0.950. The molecule has 6 nitrogen and oxygen atoms in total. The van der Waals surface area contributed by atoms with Gasteiger partial charge in [-0.3, -0.25) is 0 Å². The number of nitrogens with zero attached hydrogens (tertiary/aromatic N) is 3. The maximum absolute atomic E-state index is 12.4. The Morgan fingerprint density at radius 2 is 2.00 bits per heavy atom. The zero-order valence-corrected chi connectivity index (χ0v) is 11.5. The van der Waals surface area contributed by atoms with Gasteiger partial charge in [-0.2, -0.15) is 0 Å². The van der Waals surface area contributed by atoms with Gasteiger partial charge in [0, 0.05) is 31.4 Å². The number of hydrogen-bond donors (Lipinski definition) is 1. The molecule has 2 rings (SSSR count). The van der Waals surface area contributed by atoms with E-state index in [1.165, 1.54) is 16.7 Å². The fraction of sp³-hybridized carbons (Fsp3) is 0.818. The van der Waals surface area contributed by atoms with Crippen molar-refractivity contribution in [2.75, 3.05) is 38.3 Å². The number of amides is 2. The Morgan fingerprint density at radius 3 is 2.61 bits per heavy atom. The molecular weight excluding hydrogens is 254 g/mol. The van der Waals surface area contributed by atoms with E-state index in [4.69, 9.17) is 5.11 Å². The van der Waals surface area contributed by atoms with Gasteiger partial charge in [-0.25, -0.2) is 9.59 Å². The third-order valence-corrected chi connectivity index (χ3v) is 4.50. The van der Waals surface area contributed by atoms with E-state index in [2.05, 4.69) is 4.90 Å². The molecule has 7 heteroatoms. The van der Waals surface area contributed by atoms with Crippen molar-refractivity contribution >= 4 is 23.8 Å². The van der Waals surface area contributed by atoms with Crippen LogP contribution >= 0.6 is 11.8 Å². The van der Waals surface area contributed by atoms with E-state index in [9.17, 15) is 9.59 Å². The Labute approximate surface area is 111 Å². The minimum Gasteiger partial charge on any atom is -0.480 e. The van der Waals surface area contributed by atoms with Crippen LogP contribution in [-0.4, -0.2) is 82.2 Å². The number of hydrogen-bond acceptors (Lipinski definition) is 4. The minimum absolute atomic E-state index is 0.131. The summed E-state index contributed by atoms with van der Waals surface area (Å²) in [5, 5.41) is 9.10. The summed E-state index contributed by atoms with van der Waals surface area (Å²) in [5.74, 6) is 0.0630. The van der Waals surface area contributed by atoms with Crippen LogP contribution in [0.3, 0.4) is 0 Å². The van der Waals surface area contributed by atoms with Crippen molar-refractivity contribution in [2.24, 2.45) is 0 Å². The van der Waals surface area contributed by atoms with Crippen LogP contribution in [-0.2, 0) is 4.79 Å². The highest BCUT2D eigenvalue weighted by Crippen LogP contribution is 2.24. The molecular formula is C11H19N3O3S. The van der Waals surface area contributed by atoms with Crippen molar-refractivity contribution in [3.05, 3.63) is 0 Å². The minimum atomic E-state index is -0.907. The molecule has 2 amide bonds.